The van der Waals surface area contributed by atoms with Gasteiger partial charge in [0.1, 0.15) is 5.60 Å². The molecule has 5 nitrogen and oxygen atoms in total. The van der Waals surface area contributed by atoms with E-state index in [1.165, 1.54) is 0 Å². The molecule has 1 N–H and O–H groups in total. The van der Waals surface area contributed by atoms with Crippen LogP contribution >= 0.6 is 0 Å². The lowest BCUT2D eigenvalue weighted by atomic mass is 9.79. The molecule has 6 heteroatoms. The molecular weight excluding hydrogens is 298 g/mol. The summed E-state index contributed by atoms with van der Waals surface area (Å²) in [5.41, 5.74) is -1.45. The van der Waals surface area contributed by atoms with Crippen molar-refractivity contribution in [1.82, 2.24) is 4.90 Å². The molecule has 1 amide bonds. The summed E-state index contributed by atoms with van der Waals surface area (Å²) in [6.45, 7) is 16.5. The molecule has 1 heterocycles. The van der Waals surface area contributed by atoms with E-state index in [2.05, 4.69) is 33.9 Å². The Balaban J connectivity index is 3.09. The molecule has 1 fully saturated rings. The van der Waals surface area contributed by atoms with Crippen molar-refractivity contribution in [3.8, 4) is 0 Å². The number of carbonyl (C=O) groups is 1. The van der Waals surface area contributed by atoms with Gasteiger partial charge in [-0.1, -0.05) is 20.8 Å². The predicted molar refractivity (Wildman–Crippen MR) is 90.3 cm³/mol. The monoisotopic (exact) mass is 331 g/mol. The Hall–Kier alpha value is -0.593. The van der Waals surface area contributed by atoms with Gasteiger partial charge >= 0.3 is 6.09 Å². The van der Waals surface area contributed by atoms with Crippen molar-refractivity contribution >= 4 is 15.1 Å². The van der Waals surface area contributed by atoms with E-state index in [1.54, 1.807) is 4.90 Å². The van der Waals surface area contributed by atoms with Crippen molar-refractivity contribution < 1.29 is 19.1 Å². The fourth-order valence-electron chi connectivity index (χ4n) is 2.82. The number of ether oxygens (including phenoxy) is 1. The fraction of sp³-hybridized carbons (Fsp3) is 0.938. The van der Waals surface area contributed by atoms with Crippen LogP contribution in [0.4, 0.5) is 4.79 Å². The average molecular weight is 332 g/mol. The molecule has 1 rings (SSSR count). The van der Waals surface area contributed by atoms with Gasteiger partial charge in [-0.05, 0) is 45.2 Å². The number of hydrogen-bond acceptors (Lipinski definition) is 4. The minimum absolute atomic E-state index is 0.0408. The van der Waals surface area contributed by atoms with E-state index < -0.39 is 26.5 Å². The first-order valence-corrected chi connectivity index (χ1v) is 10.9. The summed E-state index contributed by atoms with van der Waals surface area (Å²) in [4.78, 5) is 14.2. The zero-order valence-corrected chi connectivity index (χ0v) is 16.5. The van der Waals surface area contributed by atoms with Gasteiger partial charge in [-0.25, -0.2) is 4.79 Å². The lowest BCUT2D eigenvalue weighted by Crippen LogP contribution is -2.54. The quantitative estimate of drug-likeness (QED) is 0.808. The molecule has 130 valence electrons. The normalized spacial score (nSPS) is 26.6. The van der Waals surface area contributed by atoms with Crippen molar-refractivity contribution in [2.24, 2.45) is 11.3 Å². The van der Waals surface area contributed by atoms with Crippen LogP contribution in [-0.4, -0.2) is 49.6 Å². The fourth-order valence-corrected chi connectivity index (χ4v) is 4.00. The van der Waals surface area contributed by atoms with Gasteiger partial charge in [-0.15, -0.1) is 0 Å². The van der Waals surface area contributed by atoms with Crippen molar-refractivity contribution in [2.75, 3.05) is 13.2 Å². The Kier molecular flexibility index (Phi) is 5.74. The molecule has 0 aromatic carbocycles. The highest BCUT2D eigenvalue weighted by Gasteiger charge is 2.52. The van der Waals surface area contributed by atoms with Crippen molar-refractivity contribution in [2.45, 2.75) is 72.4 Å². The second kappa shape index (κ2) is 6.49. The Labute approximate surface area is 136 Å². The Bertz CT molecular complexity index is 400. The molecule has 1 aliphatic heterocycles. The molecule has 0 radical (unpaired) electrons. The van der Waals surface area contributed by atoms with Crippen LogP contribution in [0.25, 0.3) is 0 Å². The number of carbonyl (C=O) groups excluding carboxylic acids is 1. The summed E-state index contributed by atoms with van der Waals surface area (Å²) in [6, 6.07) is 0. The Morgan fingerprint density at radius 3 is 2.18 bits per heavy atom. The molecule has 2 atom stereocenters. The summed E-state index contributed by atoms with van der Waals surface area (Å²) in [5, 5.41) is 10.0. The minimum atomic E-state index is -1.43. The second-order valence-electron chi connectivity index (χ2n) is 8.63. The van der Waals surface area contributed by atoms with Crippen molar-refractivity contribution in [3.63, 3.8) is 0 Å². The van der Waals surface area contributed by atoms with Gasteiger partial charge in [-0.2, -0.15) is 0 Å². The van der Waals surface area contributed by atoms with Gasteiger partial charge in [0.05, 0.1) is 6.61 Å². The van der Waals surface area contributed by atoms with Gasteiger partial charge < -0.3 is 14.3 Å². The molecule has 2 unspecified atom stereocenters. The van der Waals surface area contributed by atoms with Crippen LogP contribution in [0.15, 0.2) is 0 Å². The van der Waals surface area contributed by atoms with E-state index >= 15 is 0 Å². The molecule has 22 heavy (non-hydrogen) atoms. The van der Waals surface area contributed by atoms with Crippen LogP contribution in [-0.2, 0) is 9.16 Å². The maximum atomic E-state index is 12.6. The van der Waals surface area contributed by atoms with E-state index in [4.69, 9.17) is 9.16 Å². The van der Waals surface area contributed by atoms with Crippen molar-refractivity contribution in [3.05, 3.63) is 0 Å². The summed E-state index contributed by atoms with van der Waals surface area (Å²) < 4.78 is 11.7. The smallest absolute Gasteiger partial charge is 0.412 e. The zero-order valence-electron chi connectivity index (χ0n) is 15.4. The number of nitrogens with zero attached hydrogens (tertiary/aromatic N) is 1. The minimum Gasteiger partial charge on any atom is -0.444 e. The van der Waals surface area contributed by atoms with E-state index in [0.29, 0.717) is 13.0 Å². The van der Waals surface area contributed by atoms with Crippen LogP contribution in [0, 0.1) is 11.3 Å². The molecule has 0 aromatic heterocycles. The standard InChI is InChI=1S/C16H33NO4Si/c1-14(2,3)12-9-16(11-18,21-22(7)8)17(10-12)13(19)20-15(4,5)6/h12,18,22H,9-11H2,1-8H3. The van der Waals surface area contributed by atoms with E-state index in [9.17, 15) is 9.90 Å². The van der Waals surface area contributed by atoms with Crippen LogP contribution < -0.4 is 0 Å². The third kappa shape index (κ3) is 4.70. The molecular formula is C16H33NO4Si. The van der Waals surface area contributed by atoms with Crippen LogP contribution in [0.1, 0.15) is 48.0 Å². The first-order chi connectivity index (χ1) is 9.81. The molecule has 0 saturated carbocycles. The topological polar surface area (TPSA) is 59.0 Å². The van der Waals surface area contributed by atoms with Gasteiger partial charge in [0, 0.05) is 13.0 Å². The van der Waals surface area contributed by atoms with Gasteiger partial charge in [0.2, 0.25) is 0 Å². The highest BCUT2D eigenvalue weighted by atomic mass is 28.3. The molecule has 0 aromatic rings. The number of likely N-dealkylation sites (tertiary alicyclic amines) is 1. The van der Waals surface area contributed by atoms with Crippen LogP contribution in [0.5, 0.6) is 0 Å². The van der Waals surface area contributed by atoms with E-state index in [-0.39, 0.29) is 17.9 Å². The Morgan fingerprint density at radius 2 is 1.82 bits per heavy atom. The maximum absolute atomic E-state index is 12.6. The third-order valence-corrected chi connectivity index (χ3v) is 4.91. The number of aliphatic hydroxyl groups is 1. The molecule has 0 spiro atoms. The first kappa shape index (κ1) is 19.5. The number of amides is 1. The first-order valence-electron chi connectivity index (χ1n) is 8.10. The summed E-state index contributed by atoms with van der Waals surface area (Å²) in [6.07, 6.45) is 0.250. The SMILES string of the molecule is C[SiH](C)OC1(CO)CC(C(C)(C)C)CN1C(=O)OC(C)(C)C. The van der Waals surface area contributed by atoms with E-state index in [0.717, 1.165) is 0 Å². The average Bonchev–Trinajstić information content (AvgIpc) is 2.65. The molecule has 0 aliphatic carbocycles. The van der Waals surface area contributed by atoms with Gasteiger partial charge in [0.25, 0.3) is 0 Å². The number of rotatable bonds is 3. The summed E-state index contributed by atoms with van der Waals surface area (Å²) in [7, 11) is -1.43. The largest absolute Gasteiger partial charge is 0.444 e. The zero-order chi connectivity index (χ0) is 17.3. The summed E-state index contributed by atoms with van der Waals surface area (Å²) in [5.74, 6) is 0.264. The molecule has 1 saturated heterocycles. The molecule has 0 bridgehead atoms. The Morgan fingerprint density at radius 1 is 1.27 bits per heavy atom. The second-order valence-corrected chi connectivity index (χ2v) is 11.0. The van der Waals surface area contributed by atoms with Crippen LogP contribution in [0.3, 0.4) is 0 Å². The highest BCUT2D eigenvalue weighted by molar-refractivity contribution is 6.48. The highest BCUT2D eigenvalue weighted by Crippen LogP contribution is 2.43. The lowest BCUT2D eigenvalue weighted by Gasteiger charge is -2.39. The van der Waals surface area contributed by atoms with Crippen molar-refractivity contribution in [1.29, 1.82) is 0 Å². The van der Waals surface area contributed by atoms with Gasteiger partial charge in [-0.3, -0.25) is 4.90 Å². The predicted octanol–water partition coefficient (Wildman–Crippen LogP) is 2.98. The molecule has 1 aliphatic rings. The third-order valence-electron chi connectivity index (χ3n) is 4.00. The number of hydrogen-bond donors (Lipinski definition) is 1. The summed E-state index contributed by atoms with van der Waals surface area (Å²) >= 11 is 0. The lowest BCUT2D eigenvalue weighted by molar-refractivity contribution is -0.0963. The van der Waals surface area contributed by atoms with E-state index in [1.807, 2.05) is 20.8 Å². The maximum Gasteiger partial charge on any atom is 0.412 e. The van der Waals surface area contributed by atoms with Crippen LogP contribution in [0.2, 0.25) is 13.1 Å². The number of aliphatic hydroxyl groups excluding tert-OH is 1. The van der Waals surface area contributed by atoms with Gasteiger partial charge in [0.15, 0.2) is 14.8 Å².